The number of amides is 1. The van der Waals surface area contributed by atoms with E-state index in [1.54, 1.807) is 4.80 Å². The van der Waals surface area contributed by atoms with E-state index in [1.165, 1.54) is 43.2 Å². The van der Waals surface area contributed by atoms with Crippen LogP contribution < -0.4 is 10.1 Å². The molecule has 1 N–H and O–H groups in total. The normalized spacial score (nSPS) is 14.3. The molecule has 0 aliphatic heterocycles. The van der Waals surface area contributed by atoms with Crippen molar-refractivity contribution in [1.29, 1.82) is 0 Å². The molecular weight excluding hydrogens is 424 g/mol. The molecule has 1 aliphatic carbocycles. The van der Waals surface area contributed by atoms with Crippen molar-refractivity contribution in [3.8, 4) is 11.4 Å². The fourth-order valence-electron chi connectivity index (χ4n) is 4.60. The molecule has 1 fully saturated rings. The van der Waals surface area contributed by atoms with Gasteiger partial charge in [0.1, 0.15) is 16.8 Å². The summed E-state index contributed by atoms with van der Waals surface area (Å²) in [5.74, 6) is 1.17. The molecule has 1 saturated carbocycles. The Morgan fingerprint density at radius 3 is 2.32 bits per heavy atom. The second kappa shape index (κ2) is 9.67. The molecule has 0 radical (unpaired) electrons. The monoisotopic (exact) mass is 454 g/mol. The van der Waals surface area contributed by atoms with E-state index in [4.69, 9.17) is 4.74 Å². The Hall–Kier alpha value is -3.67. The predicted octanol–water partition coefficient (Wildman–Crippen LogP) is 6.10. The first-order valence-electron chi connectivity index (χ1n) is 12.0. The Kier molecular flexibility index (Phi) is 6.30. The number of carbonyl (C=O) groups excluding carboxylic acids is 1. The smallest absolute Gasteiger partial charge is 0.262 e. The molecule has 0 bridgehead atoms. The molecule has 1 heterocycles. The van der Waals surface area contributed by atoms with Gasteiger partial charge in [0, 0.05) is 5.69 Å². The molecule has 0 saturated heterocycles. The van der Waals surface area contributed by atoms with E-state index in [9.17, 15) is 4.79 Å². The van der Waals surface area contributed by atoms with Crippen molar-refractivity contribution in [3.05, 3.63) is 77.4 Å². The Bertz CT molecular complexity index is 1290. The van der Waals surface area contributed by atoms with Crippen molar-refractivity contribution in [3.63, 3.8) is 0 Å². The third-order valence-electron chi connectivity index (χ3n) is 6.59. The van der Waals surface area contributed by atoms with Crippen LogP contribution in [0.25, 0.3) is 16.7 Å². The summed E-state index contributed by atoms with van der Waals surface area (Å²) >= 11 is 0. The van der Waals surface area contributed by atoms with E-state index in [0.717, 1.165) is 22.3 Å². The van der Waals surface area contributed by atoms with Crippen molar-refractivity contribution in [2.75, 3.05) is 11.9 Å². The first-order valence-corrected chi connectivity index (χ1v) is 12.0. The van der Waals surface area contributed by atoms with Gasteiger partial charge in [-0.3, -0.25) is 4.79 Å². The molecule has 6 heteroatoms. The van der Waals surface area contributed by atoms with Gasteiger partial charge in [-0.2, -0.15) is 4.80 Å². The van der Waals surface area contributed by atoms with Crippen LogP contribution in [0.2, 0.25) is 0 Å². The number of hydrogen-bond acceptors (Lipinski definition) is 4. The largest absolute Gasteiger partial charge is 0.484 e. The lowest BCUT2D eigenvalue weighted by Gasteiger charge is -2.22. The lowest BCUT2D eigenvalue weighted by Crippen LogP contribution is -2.20. The van der Waals surface area contributed by atoms with Crippen LogP contribution in [0.4, 0.5) is 5.69 Å². The molecule has 3 aromatic carbocycles. The summed E-state index contributed by atoms with van der Waals surface area (Å²) in [7, 11) is 0. The van der Waals surface area contributed by atoms with Gasteiger partial charge in [0.15, 0.2) is 6.61 Å². The van der Waals surface area contributed by atoms with Gasteiger partial charge in [-0.1, -0.05) is 49.1 Å². The van der Waals surface area contributed by atoms with Crippen LogP contribution in [0.1, 0.15) is 54.7 Å². The summed E-state index contributed by atoms with van der Waals surface area (Å²) in [6.45, 7) is 3.95. The maximum absolute atomic E-state index is 12.6. The van der Waals surface area contributed by atoms with Gasteiger partial charge >= 0.3 is 0 Å². The maximum atomic E-state index is 12.6. The zero-order chi connectivity index (χ0) is 23.5. The summed E-state index contributed by atoms with van der Waals surface area (Å²) in [4.78, 5) is 14.2. The Morgan fingerprint density at radius 1 is 0.941 bits per heavy atom. The van der Waals surface area contributed by atoms with Gasteiger partial charge < -0.3 is 10.1 Å². The topological polar surface area (TPSA) is 69.0 Å². The van der Waals surface area contributed by atoms with Gasteiger partial charge in [-0.05, 0) is 80.1 Å². The number of rotatable bonds is 6. The molecular formula is C28H30N4O2. The minimum Gasteiger partial charge on any atom is -0.484 e. The summed E-state index contributed by atoms with van der Waals surface area (Å²) in [6.07, 6.45) is 6.52. The van der Waals surface area contributed by atoms with Crippen LogP contribution in [0.15, 0.2) is 60.7 Å². The molecule has 0 unspecified atom stereocenters. The number of nitrogens with zero attached hydrogens (tertiary/aromatic N) is 3. The van der Waals surface area contributed by atoms with Crippen molar-refractivity contribution < 1.29 is 9.53 Å². The SMILES string of the molecule is Cc1ccc(-n2nc3cc(C)c(NC(=O)COc4ccc(C5CCCCC5)cc4)cc3n2)cc1. The minimum atomic E-state index is -0.204. The zero-order valence-electron chi connectivity index (χ0n) is 19.8. The van der Waals surface area contributed by atoms with Crippen molar-refractivity contribution in [2.24, 2.45) is 0 Å². The number of aryl methyl sites for hydroxylation is 2. The molecule has 1 aromatic heterocycles. The maximum Gasteiger partial charge on any atom is 0.262 e. The average molecular weight is 455 g/mol. The highest BCUT2D eigenvalue weighted by molar-refractivity contribution is 5.95. The lowest BCUT2D eigenvalue weighted by molar-refractivity contribution is -0.118. The van der Waals surface area contributed by atoms with Gasteiger partial charge in [0.25, 0.3) is 5.91 Å². The predicted molar refractivity (Wildman–Crippen MR) is 135 cm³/mol. The lowest BCUT2D eigenvalue weighted by atomic mass is 9.84. The number of hydrogen-bond donors (Lipinski definition) is 1. The fraction of sp³-hybridized carbons (Fsp3) is 0.321. The average Bonchev–Trinajstić information content (AvgIpc) is 3.27. The van der Waals surface area contributed by atoms with E-state index in [2.05, 4.69) is 27.6 Å². The van der Waals surface area contributed by atoms with Crippen molar-refractivity contribution in [2.45, 2.75) is 51.9 Å². The molecule has 6 nitrogen and oxygen atoms in total. The third kappa shape index (κ3) is 4.96. The highest BCUT2D eigenvalue weighted by Crippen LogP contribution is 2.33. The molecule has 5 rings (SSSR count). The van der Waals surface area contributed by atoms with E-state index in [-0.39, 0.29) is 12.5 Å². The quantitative estimate of drug-likeness (QED) is 0.382. The van der Waals surface area contributed by atoms with Crippen LogP contribution in [0.3, 0.4) is 0 Å². The van der Waals surface area contributed by atoms with E-state index < -0.39 is 0 Å². The molecule has 34 heavy (non-hydrogen) atoms. The molecule has 1 aliphatic rings. The molecule has 1 amide bonds. The molecule has 4 aromatic rings. The summed E-state index contributed by atoms with van der Waals surface area (Å²) < 4.78 is 5.74. The van der Waals surface area contributed by atoms with Gasteiger partial charge in [0.05, 0.1) is 5.69 Å². The van der Waals surface area contributed by atoms with Crippen LogP contribution in [0, 0.1) is 13.8 Å². The Labute approximate surface area is 199 Å². The third-order valence-corrected chi connectivity index (χ3v) is 6.59. The number of carbonyl (C=O) groups is 1. The van der Waals surface area contributed by atoms with Crippen LogP contribution in [0.5, 0.6) is 5.75 Å². The number of ether oxygens (including phenoxy) is 1. The Morgan fingerprint density at radius 2 is 1.62 bits per heavy atom. The number of benzene rings is 3. The number of fused-ring (bicyclic) bond motifs is 1. The standard InChI is InChI=1S/C28H30N4O2/c1-19-8-12-23(13-9-19)32-30-26-16-20(2)25(17-27(26)31-32)29-28(33)18-34-24-14-10-22(11-15-24)21-6-4-3-5-7-21/h8-17,21H,3-7,18H2,1-2H3,(H,29,33). The number of nitrogens with one attached hydrogen (secondary N) is 1. The molecule has 174 valence electrons. The summed E-state index contributed by atoms with van der Waals surface area (Å²) in [5.41, 5.74) is 6.60. The molecule has 0 spiro atoms. The first-order chi connectivity index (χ1) is 16.5. The van der Waals surface area contributed by atoms with Gasteiger partial charge in [0.2, 0.25) is 0 Å². The van der Waals surface area contributed by atoms with Crippen LogP contribution >= 0.6 is 0 Å². The second-order valence-corrected chi connectivity index (χ2v) is 9.22. The highest BCUT2D eigenvalue weighted by Gasteiger charge is 2.15. The van der Waals surface area contributed by atoms with E-state index in [1.807, 2.05) is 62.4 Å². The fourth-order valence-corrected chi connectivity index (χ4v) is 4.60. The highest BCUT2D eigenvalue weighted by atomic mass is 16.5. The van der Waals surface area contributed by atoms with Crippen molar-refractivity contribution in [1.82, 2.24) is 15.0 Å². The molecule has 0 atom stereocenters. The van der Waals surface area contributed by atoms with Gasteiger partial charge in [-0.25, -0.2) is 0 Å². The van der Waals surface area contributed by atoms with E-state index >= 15 is 0 Å². The van der Waals surface area contributed by atoms with Gasteiger partial charge in [-0.15, -0.1) is 10.2 Å². The number of aromatic nitrogens is 3. The van der Waals surface area contributed by atoms with E-state index in [0.29, 0.717) is 17.4 Å². The van der Waals surface area contributed by atoms with Crippen LogP contribution in [-0.2, 0) is 4.79 Å². The zero-order valence-corrected chi connectivity index (χ0v) is 19.8. The first kappa shape index (κ1) is 22.1. The second-order valence-electron chi connectivity index (χ2n) is 9.22. The van der Waals surface area contributed by atoms with Crippen LogP contribution in [-0.4, -0.2) is 27.5 Å². The minimum absolute atomic E-state index is 0.0453. The summed E-state index contributed by atoms with van der Waals surface area (Å²) in [5, 5.41) is 12.1. The van der Waals surface area contributed by atoms with Crippen molar-refractivity contribution >= 4 is 22.6 Å². The Balaban J connectivity index is 1.22. The summed E-state index contributed by atoms with van der Waals surface area (Å²) in [6, 6.07) is 20.1. The number of anilines is 1.